The highest BCUT2D eigenvalue weighted by atomic mass is 16.4. The summed E-state index contributed by atoms with van der Waals surface area (Å²) in [6, 6.07) is 9.42. The highest BCUT2D eigenvalue weighted by molar-refractivity contribution is 5.98. The number of carboxylic acids is 1. The van der Waals surface area contributed by atoms with E-state index in [4.69, 9.17) is 5.11 Å². The fourth-order valence-electron chi connectivity index (χ4n) is 1.88. The van der Waals surface area contributed by atoms with Gasteiger partial charge in [0.15, 0.2) is 5.78 Å². The molecule has 1 aromatic carbocycles. The van der Waals surface area contributed by atoms with Crippen molar-refractivity contribution in [3.05, 3.63) is 35.9 Å². The lowest BCUT2D eigenvalue weighted by Crippen LogP contribution is -2.16. The zero-order chi connectivity index (χ0) is 12.7. The van der Waals surface area contributed by atoms with Crippen molar-refractivity contribution >= 4 is 11.8 Å². The van der Waals surface area contributed by atoms with Crippen molar-refractivity contribution in [3.63, 3.8) is 0 Å². The van der Waals surface area contributed by atoms with Gasteiger partial charge in [0.1, 0.15) is 6.42 Å². The molecular weight excluding hydrogens is 216 g/mol. The molecule has 0 spiro atoms. The molecule has 1 rings (SSSR count). The molecule has 0 aliphatic heterocycles. The number of hydrogen-bond acceptors (Lipinski definition) is 2. The van der Waals surface area contributed by atoms with Crippen LogP contribution in [0.3, 0.4) is 0 Å². The summed E-state index contributed by atoms with van der Waals surface area (Å²) in [6.45, 7) is 2.06. The zero-order valence-corrected chi connectivity index (χ0v) is 10.1. The van der Waals surface area contributed by atoms with Gasteiger partial charge in [-0.05, 0) is 12.0 Å². The van der Waals surface area contributed by atoms with Gasteiger partial charge >= 0.3 is 5.97 Å². The Labute approximate surface area is 101 Å². The smallest absolute Gasteiger partial charge is 0.310 e. The summed E-state index contributed by atoms with van der Waals surface area (Å²) in [4.78, 5) is 22.5. The van der Waals surface area contributed by atoms with Gasteiger partial charge in [-0.2, -0.15) is 0 Å². The minimum absolute atomic E-state index is 0.197. The lowest BCUT2D eigenvalue weighted by atomic mass is 9.88. The van der Waals surface area contributed by atoms with E-state index in [1.165, 1.54) is 0 Å². The average molecular weight is 234 g/mol. The van der Waals surface area contributed by atoms with E-state index in [1.807, 2.05) is 30.3 Å². The summed E-state index contributed by atoms with van der Waals surface area (Å²) in [5.74, 6) is -1.52. The SMILES string of the molecule is CCCCC(C(=O)CC(=O)O)c1ccccc1. The Kier molecular flexibility index (Phi) is 5.40. The molecule has 1 aromatic rings. The predicted octanol–water partition coefficient (Wildman–Crippen LogP) is 3.00. The van der Waals surface area contributed by atoms with Crippen LogP contribution in [0.2, 0.25) is 0 Å². The Morgan fingerprint density at radius 3 is 2.41 bits per heavy atom. The minimum Gasteiger partial charge on any atom is -0.481 e. The van der Waals surface area contributed by atoms with Crippen molar-refractivity contribution in [2.45, 2.75) is 38.5 Å². The molecule has 0 bridgehead atoms. The van der Waals surface area contributed by atoms with Crippen molar-refractivity contribution in [1.29, 1.82) is 0 Å². The topological polar surface area (TPSA) is 54.4 Å². The first-order valence-corrected chi connectivity index (χ1v) is 5.94. The molecule has 0 aliphatic carbocycles. The number of ketones is 1. The first kappa shape index (κ1) is 13.4. The van der Waals surface area contributed by atoms with E-state index in [-0.39, 0.29) is 18.1 Å². The number of carbonyl (C=O) groups excluding carboxylic acids is 1. The second-order valence-corrected chi connectivity index (χ2v) is 4.14. The fraction of sp³-hybridized carbons (Fsp3) is 0.429. The molecular formula is C14H18O3. The molecule has 0 heterocycles. The van der Waals surface area contributed by atoms with Gasteiger partial charge in [0.05, 0.1) is 0 Å². The lowest BCUT2D eigenvalue weighted by Gasteiger charge is -2.14. The highest BCUT2D eigenvalue weighted by Crippen LogP contribution is 2.24. The number of carbonyl (C=O) groups is 2. The van der Waals surface area contributed by atoms with Crippen molar-refractivity contribution < 1.29 is 14.7 Å². The molecule has 3 heteroatoms. The van der Waals surface area contributed by atoms with Gasteiger partial charge < -0.3 is 5.11 Å². The van der Waals surface area contributed by atoms with Crippen molar-refractivity contribution in [2.24, 2.45) is 0 Å². The first-order chi connectivity index (χ1) is 8.15. The van der Waals surface area contributed by atoms with Gasteiger partial charge in [-0.3, -0.25) is 9.59 Å². The van der Waals surface area contributed by atoms with E-state index in [1.54, 1.807) is 0 Å². The third-order valence-corrected chi connectivity index (χ3v) is 2.76. The first-order valence-electron chi connectivity index (χ1n) is 5.94. The number of unbranched alkanes of at least 4 members (excludes halogenated alkanes) is 1. The van der Waals surface area contributed by atoms with Gasteiger partial charge in [0.2, 0.25) is 0 Å². The molecule has 1 unspecified atom stereocenters. The molecule has 92 valence electrons. The monoisotopic (exact) mass is 234 g/mol. The van der Waals surface area contributed by atoms with Crippen molar-refractivity contribution in [1.82, 2.24) is 0 Å². The Bertz CT molecular complexity index is 370. The predicted molar refractivity (Wildman–Crippen MR) is 66.0 cm³/mol. The van der Waals surface area contributed by atoms with Crippen molar-refractivity contribution in [3.8, 4) is 0 Å². The van der Waals surface area contributed by atoms with Crippen LogP contribution in [0.5, 0.6) is 0 Å². The van der Waals surface area contributed by atoms with Gasteiger partial charge in [-0.25, -0.2) is 0 Å². The summed E-state index contributed by atoms with van der Waals surface area (Å²) in [7, 11) is 0. The largest absolute Gasteiger partial charge is 0.481 e. The van der Waals surface area contributed by atoms with Crippen LogP contribution in [0.1, 0.15) is 44.1 Å². The zero-order valence-electron chi connectivity index (χ0n) is 10.1. The number of hydrogen-bond donors (Lipinski definition) is 1. The normalized spacial score (nSPS) is 12.1. The number of benzene rings is 1. The molecule has 1 N–H and O–H groups in total. The van der Waals surface area contributed by atoms with Crippen LogP contribution in [-0.2, 0) is 9.59 Å². The molecule has 0 radical (unpaired) electrons. The molecule has 0 fully saturated rings. The third-order valence-electron chi connectivity index (χ3n) is 2.76. The minimum atomic E-state index is -1.05. The van der Waals surface area contributed by atoms with Crippen LogP contribution in [0.15, 0.2) is 30.3 Å². The number of aliphatic carboxylic acids is 1. The van der Waals surface area contributed by atoms with Gasteiger partial charge in [0.25, 0.3) is 0 Å². The van der Waals surface area contributed by atoms with Gasteiger partial charge in [-0.15, -0.1) is 0 Å². The summed E-state index contributed by atoms with van der Waals surface area (Å²) in [5.41, 5.74) is 0.923. The maximum Gasteiger partial charge on any atom is 0.310 e. The second-order valence-electron chi connectivity index (χ2n) is 4.14. The van der Waals surface area contributed by atoms with Crippen LogP contribution in [0, 0.1) is 0 Å². The van der Waals surface area contributed by atoms with Crippen LogP contribution >= 0.6 is 0 Å². The van der Waals surface area contributed by atoms with Gasteiger partial charge in [0, 0.05) is 5.92 Å². The van der Waals surface area contributed by atoms with E-state index in [2.05, 4.69) is 6.92 Å². The Morgan fingerprint density at radius 2 is 1.88 bits per heavy atom. The molecule has 0 saturated carbocycles. The van der Waals surface area contributed by atoms with E-state index >= 15 is 0 Å². The Hall–Kier alpha value is -1.64. The quantitative estimate of drug-likeness (QED) is 0.738. The van der Waals surface area contributed by atoms with E-state index in [0.29, 0.717) is 0 Å². The van der Waals surface area contributed by atoms with E-state index in [0.717, 1.165) is 24.8 Å². The Balaban J connectivity index is 2.80. The van der Waals surface area contributed by atoms with E-state index < -0.39 is 5.97 Å². The van der Waals surface area contributed by atoms with Gasteiger partial charge in [-0.1, -0.05) is 50.1 Å². The average Bonchev–Trinajstić information content (AvgIpc) is 2.30. The molecule has 3 nitrogen and oxygen atoms in total. The summed E-state index contributed by atoms with van der Waals surface area (Å²) >= 11 is 0. The number of Topliss-reactive ketones (excluding diaryl/α,β-unsaturated/α-hetero) is 1. The maximum atomic E-state index is 11.9. The standard InChI is InChI=1S/C14H18O3/c1-2-3-9-12(13(15)10-14(16)17)11-7-5-4-6-8-11/h4-8,12H,2-3,9-10H2,1H3,(H,16,17). The maximum absolute atomic E-state index is 11.9. The molecule has 0 amide bonds. The van der Waals surface area contributed by atoms with E-state index in [9.17, 15) is 9.59 Å². The Morgan fingerprint density at radius 1 is 1.24 bits per heavy atom. The molecule has 1 atom stereocenters. The number of carboxylic acid groups (broad SMARTS) is 1. The lowest BCUT2D eigenvalue weighted by molar-refractivity contribution is -0.140. The van der Waals surface area contributed by atoms with Crippen LogP contribution in [-0.4, -0.2) is 16.9 Å². The number of rotatable bonds is 7. The summed E-state index contributed by atoms with van der Waals surface area (Å²) in [5, 5.41) is 8.68. The van der Waals surface area contributed by atoms with Crippen molar-refractivity contribution in [2.75, 3.05) is 0 Å². The summed E-state index contributed by atoms with van der Waals surface area (Å²) < 4.78 is 0. The highest BCUT2D eigenvalue weighted by Gasteiger charge is 2.21. The van der Waals surface area contributed by atoms with Crippen LogP contribution in [0.25, 0.3) is 0 Å². The second kappa shape index (κ2) is 6.84. The molecule has 0 aliphatic rings. The molecule has 0 aromatic heterocycles. The molecule has 17 heavy (non-hydrogen) atoms. The molecule has 0 saturated heterocycles. The third kappa shape index (κ3) is 4.39. The summed E-state index contributed by atoms with van der Waals surface area (Å²) in [6.07, 6.45) is 2.28. The van der Waals surface area contributed by atoms with Crippen LogP contribution in [0.4, 0.5) is 0 Å². The fourth-order valence-corrected chi connectivity index (χ4v) is 1.88. The van der Waals surface area contributed by atoms with Crippen LogP contribution < -0.4 is 0 Å².